The lowest BCUT2D eigenvalue weighted by atomic mass is 10.0. The maximum atomic E-state index is 8.78. The second kappa shape index (κ2) is 11.5. The molecule has 0 saturated carbocycles. The van der Waals surface area contributed by atoms with Crippen LogP contribution in [0.1, 0.15) is 42.3 Å². The molecule has 0 spiro atoms. The molecule has 2 aromatic carbocycles. The molecule has 2 N–H and O–H groups in total. The SMILES string of the molecule is COc1ccc(Cc2cn(C(C)C)nc2Cc2ccc(OC)cc2)cc1.NS(=O)[O-]. The fourth-order valence-corrected chi connectivity index (χ4v) is 2.93. The number of hydrogen-bond acceptors (Lipinski definition) is 5. The second-order valence-electron chi connectivity index (χ2n) is 6.98. The summed E-state index contributed by atoms with van der Waals surface area (Å²) in [5.74, 6) is 1.75. The van der Waals surface area contributed by atoms with E-state index in [4.69, 9.17) is 23.3 Å². The second-order valence-corrected chi connectivity index (χ2v) is 7.51. The van der Waals surface area contributed by atoms with Crippen molar-refractivity contribution >= 4 is 11.3 Å². The molecule has 0 aliphatic carbocycles. The van der Waals surface area contributed by atoms with E-state index in [2.05, 4.69) is 54.1 Å². The summed E-state index contributed by atoms with van der Waals surface area (Å²) in [6, 6.07) is 16.8. The molecule has 1 heterocycles. The van der Waals surface area contributed by atoms with Gasteiger partial charge in [0.1, 0.15) is 11.5 Å². The number of methoxy groups -OCH3 is 2. The minimum absolute atomic E-state index is 0.342. The zero-order chi connectivity index (χ0) is 22.1. The predicted octanol–water partition coefficient (Wildman–Crippen LogP) is 3.40. The van der Waals surface area contributed by atoms with Gasteiger partial charge in [0.25, 0.3) is 0 Å². The van der Waals surface area contributed by atoms with Gasteiger partial charge in [0, 0.05) is 36.3 Å². The molecule has 0 aliphatic rings. The molecule has 1 aromatic heterocycles. The van der Waals surface area contributed by atoms with Crippen molar-refractivity contribution in [1.29, 1.82) is 0 Å². The first-order valence-electron chi connectivity index (χ1n) is 9.48. The summed E-state index contributed by atoms with van der Waals surface area (Å²) in [6.07, 6.45) is 3.85. The molecule has 0 aliphatic heterocycles. The number of hydrogen-bond donors (Lipinski definition) is 1. The van der Waals surface area contributed by atoms with E-state index in [0.29, 0.717) is 6.04 Å². The number of rotatable bonds is 7. The minimum Gasteiger partial charge on any atom is -0.760 e. The first-order valence-corrected chi connectivity index (χ1v) is 10.6. The summed E-state index contributed by atoms with van der Waals surface area (Å²) in [6.45, 7) is 4.31. The summed E-state index contributed by atoms with van der Waals surface area (Å²) >= 11 is -2.36. The third-order valence-corrected chi connectivity index (χ3v) is 4.51. The van der Waals surface area contributed by atoms with Gasteiger partial charge in [-0.25, -0.2) is 0 Å². The van der Waals surface area contributed by atoms with Crippen LogP contribution in [0.15, 0.2) is 54.7 Å². The number of benzene rings is 2. The average molecular weight is 431 g/mol. The zero-order valence-corrected chi connectivity index (χ0v) is 18.5. The van der Waals surface area contributed by atoms with Crippen molar-refractivity contribution in [2.45, 2.75) is 32.7 Å². The molecular weight excluding hydrogens is 402 g/mol. The first kappa shape index (κ1) is 23.6. The predicted molar refractivity (Wildman–Crippen MR) is 117 cm³/mol. The van der Waals surface area contributed by atoms with Gasteiger partial charge >= 0.3 is 0 Å². The van der Waals surface area contributed by atoms with Gasteiger partial charge in [-0.2, -0.15) is 5.10 Å². The summed E-state index contributed by atoms with van der Waals surface area (Å²) in [5, 5.41) is 8.87. The van der Waals surface area contributed by atoms with E-state index in [1.165, 1.54) is 16.7 Å². The van der Waals surface area contributed by atoms with Gasteiger partial charge in [-0.3, -0.25) is 14.0 Å². The van der Waals surface area contributed by atoms with E-state index in [1.807, 2.05) is 24.3 Å². The summed E-state index contributed by atoms with van der Waals surface area (Å²) < 4.78 is 30.1. The Kier molecular flexibility index (Phi) is 9.04. The number of ether oxygens (including phenoxy) is 2. The maximum Gasteiger partial charge on any atom is 0.118 e. The highest BCUT2D eigenvalue weighted by Gasteiger charge is 2.12. The van der Waals surface area contributed by atoms with Crippen molar-refractivity contribution in [2.75, 3.05) is 14.2 Å². The van der Waals surface area contributed by atoms with Crippen molar-refractivity contribution in [2.24, 2.45) is 5.14 Å². The lowest BCUT2D eigenvalue weighted by molar-refractivity contribution is 0.414. The third-order valence-electron chi connectivity index (χ3n) is 4.51. The summed E-state index contributed by atoms with van der Waals surface area (Å²) in [7, 11) is 3.38. The molecule has 8 heteroatoms. The van der Waals surface area contributed by atoms with Crippen LogP contribution in [0.25, 0.3) is 0 Å². The van der Waals surface area contributed by atoms with Crippen LogP contribution in [0.3, 0.4) is 0 Å². The van der Waals surface area contributed by atoms with E-state index in [9.17, 15) is 0 Å². The lowest BCUT2D eigenvalue weighted by Crippen LogP contribution is -2.02. The molecular formula is C22H28N3O4S-. The molecule has 0 radical (unpaired) electrons. The standard InChI is InChI=1S/C22H26N2O2.H3NO2S/c1-16(2)24-15-19(13-17-5-9-20(25-3)10-6-17)22(23-24)14-18-7-11-21(26-4)12-8-18;1-4(2)3/h5-12,15-16H,13-14H2,1-4H3;1H2,(H,2,3)/p-1. The van der Waals surface area contributed by atoms with E-state index < -0.39 is 11.3 Å². The number of aromatic nitrogens is 2. The summed E-state index contributed by atoms with van der Waals surface area (Å²) in [4.78, 5) is 0. The highest BCUT2D eigenvalue weighted by atomic mass is 32.2. The average Bonchev–Trinajstić information content (AvgIpc) is 3.11. The van der Waals surface area contributed by atoms with Crippen LogP contribution >= 0.6 is 0 Å². The highest BCUT2D eigenvalue weighted by Crippen LogP contribution is 2.21. The minimum atomic E-state index is -2.36. The van der Waals surface area contributed by atoms with Gasteiger partial charge in [0.05, 0.1) is 19.9 Å². The van der Waals surface area contributed by atoms with Gasteiger partial charge in [-0.1, -0.05) is 24.3 Å². The van der Waals surface area contributed by atoms with Gasteiger partial charge < -0.3 is 14.0 Å². The fourth-order valence-electron chi connectivity index (χ4n) is 2.93. The Labute approximate surface area is 180 Å². The van der Waals surface area contributed by atoms with Crippen molar-refractivity contribution in [3.63, 3.8) is 0 Å². The van der Waals surface area contributed by atoms with E-state index in [-0.39, 0.29) is 0 Å². The molecule has 162 valence electrons. The van der Waals surface area contributed by atoms with Crippen LogP contribution in [-0.2, 0) is 24.1 Å². The first-order chi connectivity index (χ1) is 14.3. The third kappa shape index (κ3) is 7.29. The molecule has 1 atom stereocenters. The summed E-state index contributed by atoms with van der Waals surface area (Å²) in [5.41, 5.74) is 4.88. The smallest absolute Gasteiger partial charge is 0.118 e. The van der Waals surface area contributed by atoms with Crippen molar-refractivity contribution in [1.82, 2.24) is 9.78 Å². The molecule has 0 bridgehead atoms. The number of nitrogens with two attached hydrogens (primary N) is 1. The van der Waals surface area contributed by atoms with Gasteiger partial charge in [-0.05, 0) is 54.8 Å². The van der Waals surface area contributed by atoms with Crippen molar-refractivity contribution in [3.05, 3.63) is 77.1 Å². The lowest BCUT2D eigenvalue weighted by Gasteiger charge is -2.06. The van der Waals surface area contributed by atoms with Crippen LogP contribution in [0.4, 0.5) is 0 Å². The largest absolute Gasteiger partial charge is 0.760 e. The van der Waals surface area contributed by atoms with Gasteiger partial charge in [0.15, 0.2) is 0 Å². The Hall–Kier alpha value is -2.68. The Morgan fingerprint density at radius 1 is 0.967 bits per heavy atom. The van der Waals surface area contributed by atoms with Gasteiger partial charge in [0.2, 0.25) is 0 Å². The molecule has 1 unspecified atom stereocenters. The van der Waals surface area contributed by atoms with Gasteiger partial charge in [-0.15, -0.1) is 0 Å². The van der Waals surface area contributed by atoms with Crippen molar-refractivity contribution in [3.8, 4) is 11.5 Å². The Morgan fingerprint density at radius 3 is 1.80 bits per heavy atom. The van der Waals surface area contributed by atoms with E-state index >= 15 is 0 Å². The highest BCUT2D eigenvalue weighted by molar-refractivity contribution is 7.76. The Morgan fingerprint density at radius 2 is 1.40 bits per heavy atom. The molecule has 3 aromatic rings. The zero-order valence-electron chi connectivity index (χ0n) is 17.7. The van der Waals surface area contributed by atoms with Crippen LogP contribution < -0.4 is 14.6 Å². The monoisotopic (exact) mass is 430 g/mol. The van der Waals surface area contributed by atoms with Crippen LogP contribution in [0, 0.1) is 0 Å². The van der Waals surface area contributed by atoms with E-state index in [0.717, 1.165) is 30.0 Å². The molecule has 0 amide bonds. The fraction of sp³-hybridized carbons (Fsp3) is 0.318. The molecule has 30 heavy (non-hydrogen) atoms. The Bertz CT molecular complexity index is 867. The Balaban J connectivity index is 0.000000735. The normalized spacial score (nSPS) is 11.6. The quantitative estimate of drug-likeness (QED) is 0.579. The van der Waals surface area contributed by atoms with Crippen LogP contribution in [-0.4, -0.2) is 32.8 Å². The molecule has 0 fully saturated rings. The van der Waals surface area contributed by atoms with Crippen LogP contribution in [0.5, 0.6) is 11.5 Å². The molecule has 3 rings (SSSR count). The maximum absolute atomic E-state index is 8.78. The molecule has 7 nitrogen and oxygen atoms in total. The van der Waals surface area contributed by atoms with Crippen molar-refractivity contribution < 1.29 is 18.2 Å². The number of nitrogens with zero attached hydrogens (tertiary/aromatic N) is 2. The van der Waals surface area contributed by atoms with E-state index in [1.54, 1.807) is 14.2 Å². The van der Waals surface area contributed by atoms with Crippen LogP contribution in [0.2, 0.25) is 0 Å². The topological polar surface area (TPSA) is 102 Å². The molecule has 0 saturated heterocycles.